The number of imide groups is 1. The van der Waals surface area contributed by atoms with E-state index in [1.807, 2.05) is 0 Å². The molecule has 0 aliphatic carbocycles. The number of rotatable bonds is 5. The lowest BCUT2D eigenvalue weighted by Crippen LogP contribution is -2.41. The molecule has 3 amide bonds. The Morgan fingerprint density at radius 2 is 1.56 bits per heavy atom. The molecule has 3 rings (SSSR count). The predicted octanol–water partition coefficient (Wildman–Crippen LogP) is 2.59. The minimum Gasteiger partial charge on any atom is -0.444 e. The van der Waals surface area contributed by atoms with Crippen molar-refractivity contribution in [1.82, 2.24) is 10.3 Å². The molecule has 2 aliphatic rings. The fourth-order valence-corrected chi connectivity index (χ4v) is 3.16. The fourth-order valence-electron chi connectivity index (χ4n) is 3.16. The van der Waals surface area contributed by atoms with E-state index in [0.717, 1.165) is 5.01 Å². The van der Waals surface area contributed by atoms with Crippen molar-refractivity contribution in [2.24, 2.45) is 10.3 Å². The number of carbonyl (C=O) groups excluding carboxylic acids is 3. The number of hydrogen-bond acceptors (Lipinski definition) is 7. The van der Waals surface area contributed by atoms with Gasteiger partial charge in [0.2, 0.25) is 5.82 Å². The molecule has 2 heterocycles. The maximum atomic E-state index is 14.1. The summed E-state index contributed by atoms with van der Waals surface area (Å²) < 4.78 is 73.7. The minimum atomic E-state index is -2.41. The van der Waals surface area contributed by atoms with Crippen LogP contribution in [-0.2, 0) is 14.3 Å². The SMILES string of the molecule is CC(C)(C)OC(=O)NCCCN1N=NC2C(=O)N(c3c(F)c(F)c(F)c(F)c3F)C(=O)C21. The monoisotopic (exact) mass is 463 g/mol. The van der Waals surface area contributed by atoms with Crippen LogP contribution < -0.4 is 10.2 Å². The molecule has 1 fully saturated rings. The third-order valence-electron chi connectivity index (χ3n) is 4.50. The lowest BCUT2D eigenvalue weighted by molar-refractivity contribution is -0.123. The number of anilines is 1. The van der Waals surface area contributed by atoms with E-state index in [1.165, 1.54) is 0 Å². The van der Waals surface area contributed by atoms with E-state index in [1.54, 1.807) is 20.8 Å². The molecule has 1 aromatic carbocycles. The van der Waals surface area contributed by atoms with Crippen LogP contribution >= 0.6 is 0 Å². The highest BCUT2D eigenvalue weighted by Crippen LogP contribution is 2.37. The van der Waals surface area contributed by atoms with Gasteiger partial charge in [-0.05, 0) is 27.2 Å². The van der Waals surface area contributed by atoms with Crippen LogP contribution in [0.4, 0.5) is 32.4 Å². The summed E-state index contributed by atoms with van der Waals surface area (Å²) in [5, 5.41) is 10.8. The molecule has 2 aliphatic heterocycles. The number of fused-ring (bicyclic) bond motifs is 1. The molecule has 0 radical (unpaired) electrons. The van der Waals surface area contributed by atoms with Crippen LogP contribution in [0.2, 0.25) is 0 Å². The first-order valence-corrected chi connectivity index (χ1v) is 9.38. The molecule has 0 saturated carbocycles. The van der Waals surface area contributed by atoms with Crippen LogP contribution in [0.5, 0.6) is 0 Å². The quantitative estimate of drug-likeness (QED) is 0.238. The number of amides is 3. The van der Waals surface area contributed by atoms with Crippen LogP contribution in [0.3, 0.4) is 0 Å². The Morgan fingerprint density at radius 3 is 2.12 bits per heavy atom. The van der Waals surface area contributed by atoms with Gasteiger partial charge in [-0.15, -0.1) is 0 Å². The topological polar surface area (TPSA) is 104 Å². The van der Waals surface area contributed by atoms with Crippen LogP contribution in [0.15, 0.2) is 10.3 Å². The van der Waals surface area contributed by atoms with Gasteiger partial charge in [0.25, 0.3) is 11.8 Å². The number of benzene rings is 1. The van der Waals surface area contributed by atoms with Gasteiger partial charge in [0.1, 0.15) is 11.3 Å². The molecule has 0 spiro atoms. The van der Waals surface area contributed by atoms with Gasteiger partial charge >= 0.3 is 6.09 Å². The first-order chi connectivity index (χ1) is 14.8. The van der Waals surface area contributed by atoms with Crippen LogP contribution in [0.25, 0.3) is 0 Å². The summed E-state index contributed by atoms with van der Waals surface area (Å²) in [6.45, 7) is 5.12. The fraction of sp³-hybridized carbons (Fsp3) is 0.500. The van der Waals surface area contributed by atoms with E-state index in [2.05, 4.69) is 15.7 Å². The Hall–Kier alpha value is -3.32. The smallest absolute Gasteiger partial charge is 0.407 e. The molecule has 1 aromatic rings. The third kappa shape index (κ3) is 4.08. The normalized spacial score (nSPS) is 20.2. The van der Waals surface area contributed by atoms with Crippen molar-refractivity contribution in [3.8, 4) is 0 Å². The number of carbonyl (C=O) groups is 3. The largest absolute Gasteiger partial charge is 0.444 e. The second-order valence-corrected chi connectivity index (χ2v) is 7.97. The molecule has 174 valence electrons. The Labute approximate surface area is 178 Å². The molecule has 0 bridgehead atoms. The van der Waals surface area contributed by atoms with Gasteiger partial charge in [0, 0.05) is 13.1 Å². The summed E-state index contributed by atoms with van der Waals surface area (Å²) in [6.07, 6.45) is -0.464. The first-order valence-electron chi connectivity index (χ1n) is 9.38. The average Bonchev–Trinajstić information content (AvgIpc) is 3.22. The maximum absolute atomic E-state index is 14.1. The zero-order valence-corrected chi connectivity index (χ0v) is 17.1. The maximum Gasteiger partial charge on any atom is 0.407 e. The number of alkyl carbamates (subject to hydrolysis) is 1. The second-order valence-electron chi connectivity index (χ2n) is 7.97. The van der Waals surface area contributed by atoms with Crippen molar-refractivity contribution in [3.05, 3.63) is 29.1 Å². The van der Waals surface area contributed by atoms with E-state index in [0.29, 0.717) is 0 Å². The van der Waals surface area contributed by atoms with Crippen molar-refractivity contribution >= 4 is 23.6 Å². The minimum absolute atomic E-state index is 0.00950. The number of ether oxygens (including phenoxy) is 1. The molecular weight excluding hydrogens is 445 g/mol. The van der Waals surface area contributed by atoms with Gasteiger partial charge in [-0.1, -0.05) is 5.22 Å². The van der Waals surface area contributed by atoms with E-state index >= 15 is 0 Å². The highest BCUT2D eigenvalue weighted by molar-refractivity contribution is 6.25. The number of hydrogen-bond donors (Lipinski definition) is 1. The Bertz CT molecular complexity index is 983. The molecule has 1 N–H and O–H groups in total. The zero-order chi connectivity index (χ0) is 24.0. The Morgan fingerprint density at radius 1 is 1.00 bits per heavy atom. The van der Waals surface area contributed by atoms with E-state index < -0.39 is 70.4 Å². The first kappa shape index (κ1) is 23.3. The number of nitrogens with one attached hydrogen (secondary N) is 1. The Kier molecular flexibility index (Phi) is 6.07. The number of halogens is 5. The van der Waals surface area contributed by atoms with Crippen molar-refractivity contribution in [3.63, 3.8) is 0 Å². The van der Waals surface area contributed by atoms with Gasteiger partial charge < -0.3 is 10.1 Å². The molecule has 0 aromatic heterocycles. The molecule has 2 unspecified atom stereocenters. The summed E-state index contributed by atoms with van der Waals surface area (Å²) in [4.78, 5) is 36.7. The second kappa shape index (κ2) is 8.31. The highest BCUT2D eigenvalue weighted by Gasteiger charge is 2.56. The standard InChI is InChI=1S/C18H18F5N5O4/c1-18(2,3)32-17(31)24-5-4-6-27-14-12(25-26-27)15(29)28(16(14)30)13-10(22)8(20)7(19)9(21)11(13)23/h12,14H,4-6H2,1-3H3,(H,24,31). The van der Waals surface area contributed by atoms with Crippen molar-refractivity contribution in [1.29, 1.82) is 0 Å². The number of nitrogens with zero attached hydrogens (tertiary/aromatic N) is 4. The van der Waals surface area contributed by atoms with Crippen LogP contribution in [0.1, 0.15) is 27.2 Å². The van der Waals surface area contributed by atoms with Gasteiger partial charge in [-0.25, -0.2) is 31.6 Å². The van der Waals surface area contributed by atoms with Gasteiger partial charge in [0.15, 0.2) is 35.4 Å². The molecule has 32 heavy (non-hydrogen) atoms. The van der Waals surface area contributed by atoms with E-state index in [9.17, 15) is 36.3 Å². The summed E-state index contributed by atoms with van der Waals surface area (Å²) in [7, 11) is 0. The zero-order valence-electron chi connectivity index (χ0n) is 17.1. The Balaban J connectivity index is 1.71. The van der Waals surface area contributed by atoms with Crippen molar-refractivity contribution in [2.75, 3.05) is 18.0 Å². The molecular formula is C18H18F5N5O4. The molecule has 14 heteroatoms. The average molecular weight is 463 g/mol. The van der Waals surface area contributed by atoms with Gasteiger partial charge in [-0.3, -0.25) is 14.6 Å². The molecule has 1 saturated heterocycles. The summed E-state index contributed by atoms with van der Waals surface area (Å²) >= 11 is 0. The van der Waals surface area contributed by atoms with E-state index in [-0.39, 0.29) is 24.4 Å². The summed E-state index contributed by atoms with van der Waals surface area (Å²) in [5.41, 5.74) is -2.36. The van der Waals surface area contributed by atoms with Crippen molar-refractivity contribution < 1.29 is 41.1 Å². The summed E-state index contributed by atoms with van der Waals surface area (Å²) in [5.74, 6) is -14.1. The molecule has 2 atom stereocenters. The van der Waals surface area contributed by atoms with Crippen LogP contribution in [0, 0.1) is 29.1 Å². The van der Waals surface area contributed by atoms with Gasteiger partial charge in [-0.2, -0.15) is 5.11 Å². The summed E-state index contributed by atoms with van der Waals surface area (Å²) in [6, 6.07) is -2.92. The van der Waals surface area contributed by atoms with E-state index in [4.69, 9.17) is 4.74 Å². The van der Waals surface area contributed by atoms with Crippen LogP contribution in [-0.4, -0.2) is 53.7 Å². The molecule has 9 nitrogen and oxygen atoms in total. The van der Waals surface area contributed by atoms with Gasteiger partial charge in [0.05, 0.1) is 0 Å². The van der Waals surface area contributed by atoms with Crippen molar-refractivity contribution in [2.45, 2.75) is 44.9 Å². The highest BCUT2D eigenvalue weighted by atomic mass is 19.2. The lowest BCUT2D eigenvalue weighted by Gasteiger charge is -2.22. The third-order valence-corrected chi connectivity index (χ3v) is 4.50. The lowest BCUT2D eigenvalue weighted by atomic mass is 10.1. The predicted molar refractivity (Wildman–Crippen MR) is 96.7 cm³/mol.